The molecule has 0 fully saturated rings. The van der Waals surface area contributed by atoms with Gasteiger partial charge in [-0.1, -0.05) is 6.92 Å². The smallest absolute Gasteiger partial charge is 0.335 e. The van der Waals surface area contributed by atoms with Gasteiger partial charge < -0.3 is 4.98 Å². The molecule has 0 radical (unpaired) electrons. The van der Waals surface area contributed by atoms with Crippen molar-refractivity contribution < 1.29 is 35.3 Å². The van der Waals surface area contributed by atoms with Crippen molar-refractivity contribution in [3.8, 4) is 0 Å². The van der Waals surface area contributed by atoms with Gasteiger partial charge in [0, 0.05) is 12.1 Å². The molecule has 1 N–H and O–H groups in total. The Bertz CT molecular complexity index is 1270. The summed E-state index contributed by atoms with van der Waals surface area (Å²) >= 11 is 0. The lowest BCUT2D eigenvalue weighted by Crippen LogP contribution is -2.41. The third-order valence-corrected chi connectivity index (χ3v) is 6.23. The Hall–Kier alpha value is -3.10. The summed E-state index contributed by atoms with van der Waals surface area (Å²) in [5.74, 6) is -7.32. The Balaban J connectivity index is 2.20. The van der Waals surface area contributed by atoms with E-state index in [4.69, 9.17) is 0 Å². The summed E-state index contributed by atoms with van der Waals surface area (Å²) in [5.41, 5.74) is -1.14. The van der Waals surface area contributed by atoms with E-state index in [0.29, 0.717) is 0 Å². The van der Waals surface area contributed by atoms with Crippen LogP contribution in [0.25, 0.3) is 6.08 Å². The van der Waals surface area contributed by atoms with Crippen LogP contribution in [0.5, 0.6) is 0 Å². The molecule has 2 aromatic rings. The lowest BCUT2D eigenvalue weighted by atomic mass is 10.2. The van der Waals surface area contributed by atoms with Crippen molar-refractivity contribution in [2.24, 2.45) is 5.10 Å². The number of aromatic amines is 1. The van der Waals surface area contributed by atoms with Crippen LogP contribution in [0.2, 0.25) is 0 Å². The first-order chi connectivity index (χ1) is 14.2. The van der Waals surface area contributed by atoms with Gasteiger partial charge in [-0.15, -0.1) is 5.10 Å². The summed E-state index contributed by atoms with van der Waals surface area (Å²) < 4.78 is 90.2. The number of nitrogens with one attached hydrogen (secondary N) is 1. The molecular formula is C16H14F5N5O4S. The number of imidazole rings is 1. The molecule has 0 aliphatic carbocycles. The third kappa shape index (κ3) is 3.84. The maximum atomic E-state index is 13.6. The molecule has 1 aromatic carbocycles. The van der Waals surface area contributed by atoms with Crippen LogP contribution in [0.15, 0.2) is 28.2 Å². The summed E-state index contributed by atoms with van der Waals surface area (Å²) in [6.45, 7) is 2.79. The van der Waals surface area contributed by atoms with Gasteiger partial charge in [0.15, 0.2) is 21.1 Å². The first-order valence-corrected chi connectivity index (χ1v) is 10.3. The molecule has 1 aromatic heterocycles. The maximum Gasteiger partial charge on any atom is 0.461 e. The van der Waals surface area contributed by atoms with Crippen LogP contribution in [0.4, 0.5) is 33.3 Å². The number of hydrogen-bond donors (Lipinski definition) is 1. The molecule has 0 bridgehead atoms. The first kappa shape index (κ1) is 22.6. The molecule has 0 saturated carbocycles. The van der Waals surface area contributed by atoms with E-state index in [0.717, 1.165) is 23.2 Å². The lowest BCUT2D eigenvalue weighted by molar-refractivity contribution is -0.385. The number of alkyl halides is 5. The second kappa shape index (κ2) is 7.25. The van der Waals surface area contributed by atoms with Gasteiger partial charge in [-0.3, -0.25) is 15.1 Å². The number of nitro benzene ring substituents is 1. The Kier molecular flexibility index (Phi) is 5.28. The number of nitrogens with zero attached hydrogens (tertiary/aromatic N) is 4. The molecule has 1 aliphatic rings. The Morgan fingerprint density at radius 3 is 2.45 bits per heavy atom. The fraction of sp³-hybridized carbons (Fsp3) is 0.375. The highest BCUT2D eigenvalue weighted by molar-refractivity contribution is 7.91. The van der Waals surface area contributed by atoms with Gasteiger partial charge in [0.05, 0.1) is 32.7 Å². The quantitative estimate of drug-likeness (QED) is 0.408. The second-order valence-electron chi connectivity index (χ2n) is 6.56. The molecule has 1 aliphatic heterocycles. The van der Waals surface area contributed by atoms with Crippen molar-refractivity contribution in [2.75, 3.05) is 10.8 Å². The largest absolute Gasteiger partial charge is 0.461 e. The van der Waals surface area contributed by atoms with Gasteiger partial charge in [0.1, 0.15) is 0 Å². The molecule has 2 heterocycles. The number of hydrogen-bond acceptors (Lipinski definition) is 7. The fourth-order valence-electron chi connectivity index (χ4n) is 2.84. The first-order valence-electron chi connectivity index (χ1n) is 8.61. The number of aromatic nitrogens is 2. The van der Waals surface area contributed by atoms with Crippen molar-refractivity contribution in [3.63, 3.8) is 0 Å². The Labute approximate surface area is 171 Å². The van der Waals surface area contributed by atoms with E-state index in [1.54, 1.807) is 0 Å². The number of H-pyrrole nitrogens is 1. The molecule has 31 heavy (non-hydrogen) atoms. The highest BCUT2D eigenvalue weighted by atomic mass is 32.2. The molecule has 168 valence electrons. The van der Waals surface area contributed by atoms with Crippen LogP contribution < -0.4 is 15.8 Å². The zero-order valence-electron chi connectivity index (χ0n) is 15.8. The summed E-state index contributed by atoms with van der Waals surface area (Å²) in [5, 5.41) is 15.8. The van der Waals surface area contributed by atoms with Crippen LogP contribution in [0, 0.1) is 10.1 Å². The minimum atomic E-state index is -5.89. The molecular weight excluding hydrogens is 453 g/mol. The predicted molar refractivity (Wildman–Crippen MR) is 96.5 cm³/mol. The van der Waals surface area contributed by atoms with Crippen molar-refractivity contribution in [1.29, 1.82) is 0 Å². The zero-order chi connectivity index (χ0) is 23.4. The number of fused-ring (bicyclic) bond motifs is 1. The summed E-state index contributed by atoms with van der Waals surface area (Å²) in [6.07, 6.45) is -4.66. The van der Waals surface area contributed by atoms with E-state index in [1.165, 1.54) is 19.9 Å². The molecule has 1 unspecified atom stereocenters. The summed E-state index contributed by atoms with van der Waals surface area (Å²) in [7, 11) is -3.99. The van der Waals surface area contributed by atoms with E-state index < -0.39 is 60.5 Å². The van der Waals surface area contributed by atoms with Crippen LogP contribution in [-0.4, -0.2) is 41.3 Å². The van der Waals surface area contributed by atoms with E-state index in [1.807, 2.05) is 4.98 Å². The number of halogens is 5. The third-order valence-electron chi connectivity index (χ3n) is 4.48. The van der Waals surface area contributed by atoms with Gasteiger partial charge in [0.25, 0.3) is 5.69 Å². The number of benzene rings is 1. The average Bonchev–Trinajstić information content (AvgIpc) is 3.09. The van der Waals surface area contributed by atoms with Crippen molar-refractivity contribution in [3.05, 3.63) is 45.0 Å². The van der Waals surface area contributed by atoms with Crippen molar-refractivity contribution >= 4 is 27.3 Å². The number of sulfone groups is 1. The van der Waals surface area contributed by atoms with E-state index in [2.05, 4.69) is 10.1 Å². The minimum Gasteiger partial charge on any atom is -0.335 e. The lowest BCUT2D eigenvalue weighted by Gasteiger charge is -2.27. The topological polar surface area (TPSA) is 122 Å². The van der Waals surface area contributed by atoms with Crippen molar-refractivity contribution in [1.82, 2.24) is 9.97 Å². The number of nitro groups is 1. The van der Waals surface area contributed by atoms with Crippen LogP contribution in [0.1, 0.15) is 19.7 Å². The number of non-ortho nitro benzene ring substituents is 1. The zero-order valence-corrected chi connectivity index (χ0v) is 16.6. The maximum absolute atomic E-state index is 13.6. The summed E-state index contributed by atoms with van der Waals surface area (Å²) in [6, 6.07) is 2.15. The fourth-order valence-corrected chi connectivity index (χ4v) is 3.93. The highest BCUT2D eigenvalue weighted by Gasteiger charge is 2.61. The van der Waals surface area contributed by atoms with Crippen LogP contribution in [-0.2, 0) is 15.8 Å². The van der Waals surface area contributed by atoms with Crippen LogP contribution in [0.3, 0.4) is 0 Å². The molecule has 9 nitrogen and oxygen atoms in total. The monoisotopic (exact) mass is 467 g/mol. The predicted octanol–water partition coefficient (Wildman–Crippen LogP) is 1.99. The number of anilines is 1. The SMILES string of the molecule is CCS(=O)(=O)c1cc([N+](=O)[O-])ccc1N1N=c2nc(C(F)(F)C(F)(F)F)[nH]c2=CC1C. The van der Waals surface area contributed by atoms with Gasteiger partial charge in [0.2, 0.25) is 0 Å². The molecule has 0 saturated heterocycles. The number of rotatable bonds is 5. The summed E-state index contributed by atoms with van der Waals surface area (Å²) in [4.78, 5) is 15.0. The van der Waals surface area contributed by atoms with Gasteiger partial charge >= 0.3 is 12.1 Å². The highest BCUT2D eigenvalue weighted by Crippen LogP contribution is 2.41. The molecule has 1 atom stereocenters. The minimum absolute atomic E-state index is 0.117. The Morgan fingerprint density at radius 1 is 1.26 bits per heavy atom. The average molecular weight is 467 g/mol. The second-order valence-corrected chi connectivity index (χ2v) is 8.81. The van der Waals surface area contributed by atoms with Crippen molar-refractivity contribution in [2.45, 2.75) is 36.9 Å². The molecule has 0 spiro atoms. The molecule has 3 rings (SSSR count). The Morgan fingerprint density at radius 2 is 1.90 bits per heavy atom. The standard InChI is InChI=1S/C16H14F5N5O4S/c1-3-31(29,30)12-7-9(26(27)28)4-5-11(12)25-8(2)6-10-13(24-25)23-14(22-10)15(17,18)16(19,20)21/h4-8H,3H2,1-2H3,(H,22,23,24). The van der Waals surface area contributed by atoms with Gasteiger partial charge in [-0.2, -0.15) is 22.0 Å². The normalized spacial score (nSPS) is 17.0. The van der Waals surface area contributed by atoms with E-state index in [-0.39, 0.29) is 11.0 Å². The van der Waals surface area contributed by atoms with E-state index >= 15 is 0 Å². The molecule has 15 heteroatoms. The van der Waals surface area contributed by atoms with Gasteiger partial charge in [-0.05, 0) is 19.1 Å². The van der Waals surface area contributed by atoms with E-state index in [9.17, 15) is 40.5 Å². The van der Waals surface area contributed by atoms with Gasteiger partial charge in [-0.25, -0.2) is 13.4 Å². The van der Waals surface area contributed by atoms with Crippen LogP contribution >= 0.6 is 0 Å². The molecule has 0 amide bonds.